The van der Waals surface area contributed by atoms with Gasteiger partial charge in [0.2, 0.25) is 0 Å². The smallest absolute Gasteiger partial charge is 1.00 e. The minimum atomic E-state index is 0. The van der Waals surface area contributed by atoms with E-state index in [1.165, 1.54) is 0 Å². The molecule has 0 saturated heterocycles. The summed E-state index contributed by atoms with van der Waals surface area (Å²) >= 11 is 0. The second-order valence-corrected chi connectivity index (χ2v) is 0. The minimum absolute atomic E-state index is 0. The number of hydrogen-bond donors (Lipinski definition) is 0. The second-order valence-electron chi connectivity index (χ2n) is 0. The average molecular weight is 191 g/mol. The maximum absolute atomic E-state index is 0. The summed E-state index contributed by atoms with van der Waals surface area (Å²) in [6.45, 7) is 0. The summed E-state index contributed by atoms with van der Waals surface area (Å²) in [4.78, 5) is 0. The Kier molecular flexibility index (Phi) is 207000. The third-order valence-corrected chi connectivity index (χ3v) is 0. The molecule has 0 saturated carbocycles. The molecule has 0 heterocycles. The van der Waals surface area contributed by atoms with Gasteiger partial charge in [-0.1, -0.05) is 0 Å². The topological polar surface area (TPSA) is 201 Å². The van der Waals surface area contributed by atoms with Crippen molar-refractivity contribution in [1.29, 1.82) is 0 Å². The molecule has 0 aromatic carbocycles. The second kappa shape index (κ2) is 1050. The van der Waals surface area contributed by atoms with Crippen molar-refractivity contribution in [2.24, 2.45) is 0 Å². The van der Waals surface area contributed by atoms with Crippen LogP contribution >= 0.6 is 0 Å². The van der Waals surface area contributed by atoms with E-state index in [9.17, 15) is 0 Å². The molecule has 0 rings (SSSR count). The summed E-state index contributed by atoms with van der Waals surface area (Å²) in [7, 11) is 0. The fraction of sp³-hybridized carbons (Fsp3) is 0. The van der Waals surface area contributed by atoms with E-state index in [0.29, 0.717) is 0 Å². The predicted octanol–water partition coefficient (Wildman–Crippen LogP) is 1.30. The van der Waals surface area contributed by atoms with E-state index in [2.05, 4.69) is 0 Å². The average Bonchev–Trinajstić information content (AvgIpc) is 0. The van der Waals surface area contributed by atoms with Crippen LogP contribution in [0.3, 0.4) is 0 Å². The summed E-state index contributed by atoms with van der Waals surface area (Å²) < 4.78 is 0. The van der Waals surface area contributed by atoms with Gasteiger partial charge in [0.1, 0.15) is 0 Å². The van der Waals surface area contributed by atoms with Crippen molar-refractivity contribution in [2.75, 3.05) is 0 Å². The van der Waals surface area contributed by atoms with Crippen molar-refractivity contribution in [1.82, 2.24) is 0 Å². The van der Waals surface area contributed by atoms with Crippen molar-refractivity contribution in [3.05, 3.63) is 36.9 Å². The third-order valence-electron chi connectivity index (χ3n) is 0. The first kappa shape index (κ1) is 1580. The Balaban J connectivity index is 0. The maximum Gasteiger partial charge on any atom is 3.00 e. The van der Waals surface area contributed by atoms with Crippen LogP contribution in [0.4, 0.5) is 0 Å². The fourth-order valence-electron chi connectivity index (χ4n) is 0. The van der Waals surface area contributed by atoms with Gasteiger partial charge in [0, 0.05) is 0 Å². The van der Waals surface area contributed by atoms with Crippen LogP contribution in [-0.4, -0.2) is 0 Å². The molecule has 0 bridgehead atoms. The molecule has 0 aromatic rings. The zero-order valence-electron chi connectivity index (χ0n) is 4.18. The first-order valence-corrected chi connectivity index (χ1v) is 0. The SMILES string of the molecule is [Cl-].[Co+3].[NH2-].[NH2-].[NH2-].[NH2-].[NH2-].[NH2-]. The summed E-state index contributed by atoms with van der Waals surface area (Å²) in [5.41, 5.74) is 0. The quantitative estimate of drug-likeness (QED) is 0.530. The Morgan fingerprint density at radius 3 is 0.375 bits per heavy atom. The molecule has 0 amide bonds. The van der Waals surface area contributed by atoms with E-state index in [1.54, 1.807) is 0 Å². The zero-order valence-corrected chi connectivity index (χ0v) is 5.97. The molecule has 6 nitrogen and oxygen atoms in total. The van der Waals surface area contributed by atoms with Crippen LogP contribution in [0.25, 0.3) is 36.9 Å². The number of halogens is 1. The molecule has 0 aliphatic heterocycles. The van der Waals surface area contributed by atoms with Crippen LogP contribution in [0.15, 0.2) is 0 Å². The van der Waals surface area contributed by atoms with E-state index in [0.717, 1.165) is 0 Å². The van der Waals surface area contributed by atoms with Gasteiger partial charge >= 0.3 is 16.8 Å². The summed E-state index contributed by atoms with van der Waals surface area (Å²) in [5.74, 6) is 0. The molecule has 8 heteroatoms. The maximum atomic E-state index is 0. The number of nitrogens with two attached hydrogens (primary N) is 6. The van der Waals surface area contributed by atoms with Crippen molar-refractivity contribution < 1.29 is 29.2 Å². The molecule has 0 radical (unpaired) electrons. The fourth-order valence-corrected chi connectivity index (χ4v) is 0. The molecule has 0 fully saturated rings. The molecule has 8 heavy (non-hydrogen) atoms. The van der Waals surface area contributed by atoms with Gasteiger partial charge in [0.05, 0.1) is 0 Å². The van der Waals surface area contributed by atoms with Crippen LogP contribution in [0.1, 0.15) is 0 Å². The van der Waals surface area contributed by atoms with Gasteiger partial charge in [-0.25, -0.2) is 0 Å². The van der Waals surface area contributed by atoms with Gasteiger partial charge in [-0.2, -0.15) is 0 Å². The van der Waals surface area contributed by atoms with Crippen molar-refractivity contribution >= 4 is 0 Å². The van der Waals surface area contributed by atoms with Gasteiger partial charge in [0.25, 0.3) is 0 Å². The van der Waals surface area contributed by atoms with E-state index < -0.39 is 0 Å². The minimum Gasteiger partial charge on any atom is -1.00 e. The summed E-state index contributed by atoms with van der Waals surface area (Å²) in [5, 5.41) is 0. The van der Waals surface area contributed by atoms with E-state index in [4.69, 9.17) is 0 Å². The van der Waals surface area contributed by atoms with Crippen LogP contribution in [0, 0.1) is 0 Å². The van der Waals surface area contributed by atoms with Crippen LogP contribution < -0.4 is 12.4 Å². The summed E-state index contributed by atoms with van der Waals surface area (Å²) in [6.07, 6.45) is 0. The molecule has 0 spiro atoms. The normalized spacial score (nSPS) is 0. The predicted molar refractivity (Wildman–Crippen MR) is 31.7 cm³/mol. The van der Waals surface area contributed by atoms with Crippen molar-refractivity contribution in [3.8, 4) is 0 Å². The Bertz CT molecular complexity index is 8.49. The zero-order chi connectivity index (χ0) is 0. The van der Waals surface area contributed by atoms with E-state index in [-0.39, 0.29) is 66.1 Å². The molecule has 12 N–H and O–H groups in total. The van der Waals surface area contributed by atoms with Gasteiger partial charge < -0.3 is 49.3 Å². The van der Waals surface area contributed by atoms with Crippen molar-refractivity contribution in [2.45, 2.75) is 0 Å². The summed E-state index contributed by atoms with van der Waals surface area (Å²) in [6, 6.07) is 0. The molecular weight excluding hydrogens is 178 g/mol. The van der Waals surface area contributed by atoms with E-state index >= 15 is 0 Å². The van der Waals surface area contributed by atoms with Gasteiger partial charge in [-0.15, -0.1) is 0 Å². The molecule has 0 atom stereocenters. The molecule has 0 unspecified atom stereocenters. The van der Waals surface area contributed by atoms with Gasteiger partial charge in [0.15, 0.2) is 0 Å². The van der Waals surface area contributed by atoms with E-state index in [1.807, 2.05) is 0 Å². The van der Waals surface area contributed by atoms with Crippen molar-refractivity contribution in [3.63, 3.8) is 0 Å². The third kappa shape index (κ3) is 654. The Morgan fingerprint density at radius 1 is 0.375 bits per heavy atom. The first-order valence-electron chi connectivity index (χ1n) is 0. The molecular formula is H12ClCoN6-4. The first-order chi connectivity index (χ1) is 0. The Hall–Kier alpha value is 0.556. The molecule has 62 valence electrons. The molecule has 0 aromatic heterocycles. The van der Waals surface area contributed by atoms with Crippen LogP contribution in [-0.2, 0) is 16.8 Å². The Morgan fingerprint density at radius 2 is 0.375 bits per heavy atom. The van der Waals surface area contributed by atoms with Gasteiger partial charge in [-0.05, 0) is 0 Å². The monoisotopic (exact) mass is 190 g/mol. The largest absolute Gasteiger partial charge is 3.00 e. The van der Waals surface area contributed by atoms with Crippen LogP contribution in [0.5, 0.6) is 0 Å². The Labute approximate surface area is 66.7 Å². The standard InChI is InChI=1S/ClH.Co.6H2N/h1H;;6*1H2/q;+3;6*-1/p-1. The molecule has 0 aliphatic carbocycles. The molecule has 0 aliphatic rings. The number of rotatable bonds is 0. The van der Waals surface area contributed by atoms with Gasteiger partial charge in [-0.3, -0.25) is 0 Å². The van der Waals surface area contributed by atoms with Crippen LogP contribution in [0.2, 0.25) is 0 Å². The number of hydrogen-bond acceptors (Lipinski definition) is 0.